The Morgan fingerprint density at radius 1 is 0.667 bits per heavy atom. The Balaban J connectivity index is 4.60. The zero-order valence-corrected chi connectivity index (χ0v) is 22.4. The van der Waals surface area contributed by atoms with E-state index in [9.17, 15) is 0 Å². The molecule has 0 rings (SSSR count). The van der Waals surface area contributed by atoms with Crippen molar-refractivity contribution in [3.05, 3.63) is 0 Å². The molecule has 0 heterocycles. The van der Waals surface area contributed by atoms with Crippen molar-refractivity contribution in [2.75, 3.05) is 26.4 Å². The summed E-state index contributed by atoms with van der Waals surface area (Å²) in [7, 11) is 6.66. The molecule has 0 N–H and O–H groups in total. The Morgan fingerprint density at radius 2 is 1.04 bits per heavy atom. The van der Waals surface area contributed by atoms with Crippen LogP contribution in [0.4, 0.5) is 0 Å². The topological polar surface area (TPSA) is 46.2 Å². The number of hydrogen-bond acceptors (Lipinski definition) is 5. The van der Waals surface area contributed by atoms with Gasteiger partial charge < -0.3 is 0 Å². The molecule has 0 aromatic rings. The monoisotopic (exact) mass is 583 g/mol. The standard InChI is InChI=1S/4C4H9O.ClH.O.2Sn/c4*1-2-3-4-5;;;;/h4*2-4H2,1H3;1H;;;/q4*-1;;;+2;+3/p-1. The van der Waals surface area contributed by atoms with Crippen molar-refractivity contribution in [3.8, 4) is 0 Å². The minimum absolute atomic E-state index is 0.586. The van der Waals surface area contributed by atoms with E-state index in [1.165, 1.54) is 0 Å². The van der Waals surface area contributed by atoms with Gasteiger partial charge in [-0.2, -0.15) is 0 Å². The molecule has 0 aliphatic heterocycles. The summed E-state index contributed by atoms with van der Waals surface area (Å²) < 4.78 is 29.7. The Kier molecular flexibility index (Phi) is 19.3. The third-order valence-corrected chi connectivity index (χ3v) is 22.8. The summed E-state index contributed by atoms with van der Waals surface area (Å²) in [4.78, 5) is 0. The van der Waals surface area contributed by atoms with Gasteiger partial charge in [0.1, 0.15) is 0 Å². The van der Waals surface area contributed by atoms with Crippen LogP contribution in [0.5, 0.6) is 0 Å². The van der Waals surface area contributed by atoms with E-state index in [0.717, 1.165) is 51.4 Å². The zero-order valence-electron chi connectivity index (χ0n) is 15.9. The van der Waals surface area contributed by atoms with Gasteiger partial charge in [-0.3, -0.25) is 0 Å². The van der Waals surface area contributed by atoms with E-state index >= 15 is 0 Å². The van der Waals surface area contributed by atoms with Gasteiger partial charge >= 0.3 is 168 Å². The average molecular weight is 581 g/mol. The maximum absolute atomic E-state index is 6.66. The van der Waals surface area contributed by atoms with Crippen molar-refractivity contribution in [1.82, 2.24) is 0 Å². The van der Waals surface area contributed by atoms with Gasteiger partial charge in [-0.15, -0.1) is 0 Å². The molecule has 145 valence electrons. The van der Waals surface area contributed by atoms with Gasteiger partial charge in [0.05, 0.1) is 0 Å². The fourth-order valence-electron chi connectivity index (χ4n) is 1.58. The maximum atomic E-state index is 6.66. The van der Waals surface area contributed by atoms with E-state index in [1.54, 1.807) is 0 Å². The molecule has 0 aromatic heterocycles. The van der Waals surface area contributed by atoms with Crippen molar-refractivity contribution < 1.29 is 13.7 Å². The van der Waals surface area contributed by atoms with E-state index in [-0.39, 0.29) is 0 Å². The van der Waals surface area contributed by atoms with Gasteiger partial charge in [-0.1, -0.05) is 0 Å². The van der Waals surface area contributed by atoms with Crippen molar-refractivity contribution in [2.24, 2.45) is 0 Å². The van der Waals surface area contributed by atoms with Crippen LogP contribution in [0.3, 0.4) is 0 Å². The van der Waals surface area contributed by atoms with Gasteiger partial charge in [0.2, 0.25) is 0 Å². The molecule has 0 aliphatic carbocycles. The van der Waals surface area contributed by atoms with Crippen molar-refractivity contribution in [2.45, 2.75) is 79.1 Å². The third kappa shape index (κ3) is 14.8. The molecule has 8 heteroatoms. The second kappa shape index (κ2) is 18.1. The van der Waals surface area contributed by atoms with Crippen LogP contribution in [0.25, 0.3) is 0 Å². The van der Waals surface area contributed by atoms with Crippen molar-refractivity contribution in [3.63, 3.8) is 0 Å². The fraction of sp³-hybridized carbons (Fsp3) is 1.00. The van der Waals surface area contributed by atoms with Gasteiger partial charge in [-0.05, 0) is 0 Å². The van der Waals surface area contributed by atoms with Gasteiger partial charge in [0, 0.05) is 0 Å². The Morgan fingerprint density at radius 3 is 1.42 bits per heavy atom. The molecule has 0 saturated heterocycles. The number of hydrogen-bond donors (Lipinski definition) is 0. The molecule has 0 aliphatic rings. The number of unbranched alkanes of at least 4 members (excludes halogenated alkanes) is 4. The number of rotatable bonds is 18. The molecule has 0 unspecified atom stereocenters. The van der Waals surface area contributed by atoms with Crippen LogP contribution in [-0.4, -0.2) is 65.9 Å². The van der Waals surface area contributed by atoms with Crippen LogP contribution in [0.15, 0.2) is 0 Å². The minimum atomic E-state index is -4.03. The molecular formula is C16H36ClO5Sn2. The first-order valence-electron chi connectivity index (χ1n) is 9.40. The van der Waals surface area contributed by atoms with Crippen LogP contribution in [0.1, 0.15) is 79.1 Å². The van der Waals surface area contributed by atoms with Gasteiger partial charge in [-0.25, -0.2) is 0 Å². The van der Waals surface area contributed by atoms with E-state index < -0.39 is 39.5 Å². The van der Waals surface area contributed by atoms with Crippen LogP contribution in [0.2, 0.25) is 0 Å². The van der Waals surface area contributed by atoms with Crippen LogP contribution in [-0.2, 0) is 13.7 Å². The predicted molar refractivity (Wildman–Crippen MR) is 102 cm³/mol. The molecule has 1 radical (unpaired) electrons. The normalized spacial score (nSPS) is 12.2. The van der Waals surface area contributed by atoms with Crippen molar-refractivity contribution in [1.29, 1.82) is 0 Å². The second-order valence-electron chi connectivity index (χ2n) is 5.64. The molecular weight excluding hydrogens is 545 g/mol. The molecule has 0 amide bonds. The first kappa shape index (κ1) is 25.7. The zero-order chi connectivity index (χ0) is 18.1. The molecule has 0 spiro atoms. The predicted octanol–water partition coefficient (Wildman–Crippen LogP) is 4.93. The Bertz CT molecular complexity index is 255. The summed E-state index contributed by atoms with van der Waals surface area (Å²) in [5, 5.41) is 0. The fourth-order valence-corrected chi connectivity index (χ4v) is 19.5. The quantitative estimate of drug-likeness (QED) is 0.170. The average Bonchev–Trinajstić information content (AvgIpc) is 2.55. The third-order valence-electron chi connectivity index (χ3n) is 3.19. The molecule has 0 saturated carbocycles. The second-order valence-corrected chi connectivity index (χ2v) is 20.7. The summed E-state index contributed by atoms with van der Waals surface area (Å²) in [5.74, 6) is 0. The molecule has 0 atom stereocenters. The Labute approximate surface area is 166 Å². The molecule has 5 nitrogen and oxygen atoms in total. The van der Waals surface area contributed by atoms with Crippen LogP contribution < -0.4 is 0 Å². The van der Waals surface area contributed by atoms with Crippen molar-refractivity contribution >= 4 is 48.4 Å². The van der Waals surface area contributed by atoms with Gasteiger partial charge in [0.25, 0.3) is 0 Å². The van der Waals surface area contributed by atoms with Crippen LogP contribution in [0, 0.1) is 0 Å². The molecule has 0 bridgehead atoms. The van der Waals surface area contributed by atoms with E-state index in [0.29, 0.717) is 26.4 Å². The molecule has 24 heavy (non-hydrogen) atoms. The molecule has 0 aromatic carbocycles. The van der Waals surface area contributed by atoms with E-state index in [1.807, 2.05) is 0 Å². The van der Waals surface area contributed by atoms with Crippen LogP contribution >= 0.6 is 8.92 Å². The summed E-state index contributed by atoms with van der Waals surface area (Å²) in [5.41, 5.74) is 0. The van der Waals surface area contributed by atoms with E-state index in [4.69, 9.17) is 22.6 Å². The summed E-state index contributed by atoms with van der Waals surface area (Å²) in [6, 6.07) is 0. The first-order chi connectivity index (χ1) is 11.6. The molecule has 0 fully saturated rings. The van der Waals surface area contributed by atoms with E-state index in [2.05, 4.69) is 27.7 Å². The SMILES string of the molecule is CCCC[O][Sn]([O]CCCC)[O][Sn]([Cl])([O]CCCC)[O]CCCC. The number of halogens is 1. The summed E-state index contributed by atoms with van der Waals surface area (Å²) >= 11 is -6.98. The summed E-state index contributed by atoms with van der Waals surface area (Å²) in [6.45, 7) is 11.0. The summed E-state index contributed by atoms with van der Waals surface area (Å²) in [6.07, 6.45) is 8.20. The Hall–Kier alpha value is 1.69. The first-order valence-corrected chi connectivity index (χ1v) is 20.0. The van der Waals surface area contributed by atoms with Gasteiger partial charge in [0.15, 0.2) is 0 Å².